The average molecular weight is 218 g/mol. The second kappa shape index (κ2) is 6.64. The van der Waals surface area contributed by atoms with Crippen LogP contribution in [0.25, 0.3) is 0 Å². The molecule has 1 aromatic rings. The lowest BCUT2D eigenvalue weighted by molar-refractivity contribution is 0.425. The fourth-order valence-corrected chi connectivity index (χ4v) is 2.49. The molecule has 0 unspecified atom stereocenters. The third-order valence-corrected chi connectivity index (χ3v) is 3.49. The Labute approximate surface area is 98.5 Å². The summed E-state index contributed by atoms with van der Waals surface area (Å²) in [5, 5.41) is 3.57. The first-order valence-corrected chi connectivity index (χ1v) is 6.55. The van der Waals surface area contributed by atoms with Crippen molar-refractivity contribution in [3.8, 4) is 0 Å². The summed E-state index contributed by atoms with van der Waals surface area (Å²) >= 11 is 0. The predicted molar refractivity (Wildman–Crippen MR) is 67.1 cm³/mol. The smallest absolute Gasteiger partial charge is 0.0271 e. The molecule has 0 bridgehead atoms. The molecule has 1 aliphatic carbocycles. The van der Waals surface area contributed by atoms with Crippen molar-refractivity contribution in [1.29, 1.82) is 0 Å². The zero-order valence-corrected chi connectivity index (χ0v) is 9.99. The molecule has 0 atom stereocenters. The number of rotatable bonds is 4. The van der Waals surface area contributed by atoms with Gasteiger partial charge in [0.2, 0.25) is 0 Å². The third kappa shape index (κ3) is 3.93. The highest BCUT2D eigenvalue weighted by molar-refractivity contribution is 5.08. The van der Waals surface area contributed by atoms with Crippen molar-refractivity contribution in [3.05, 3.63) is 30.1 Å². The van der Waals surface area contributed by atoms with Crippen molar-refractivity contribution >= 4 is 0 Å². The molecule has 0 spiro atoms. The molecule has 1 N–H and O–H groups in total. The van der Waals surface area contributed by atoms with Crippen LogP contribution < -0.4 is 5.32 Å². The van der Waals surface area contributed by atoms with Crippen molar-refractivity contribution < 1.29 is 0 Å². The second-order valence-corrected chi connectivity index (χ2v) is 4.84. The fourth-order valence-electron chi connectivity index (χ4n) is 2.49. The minimum absolute atomic E-state index is 0.907. The molecule has 88 valence electrons. The lowest BCUT2D eigenvalue weighted by Gasteiger charge is -2.14. The lowest BCUT2D eigenvalue weighted by Crippen LogP contribution is -2.22. The third-order valence-electron chi connectivity index (χ3n) is 3.49. The molecule has 16 heavy (non-hydrogen) atoms. The maximum atomic E-state index is 4.03. The second-order valence-electron chi connectivity index (χ2n) is 4.84. The first kappa shape index (κ1) is 11.6. The van der Waals surface area contributed by atoms with Gasteiger partial charge in [-0.05, 0) is 43.0 Å². The predicted octanol–water partition coefficient (Wildman–Crippen LogP) is 3.14. The topological polar surface area (TPSA) is 24.9 Å². The number of nitrogens with one attached hydrogen (secondary N) is 1. The molecule has 1 saturated carbocycles. The molecule has 1 heterocycles. The Morgan fingerprint density at radius 2 is 1.75 bits per heavy atom. The zero-order valence-electron chi connectivity index (χ0n) is 9.99. The highest BCUT2D eigenvalue weighted by Crippen LogP contribution is 2.22. The van der Waals surface area contributed by atoms with Gasteiger partial charge in [0.1, 0.15) is 0 Å². The van der Waals surface area contributed by atoms with Gasteiger partial charge in [-0.1, -0.05) is 25.7 Å². The molecule has 1 aromatic heterocycles. The van der Waals surface area contributed by atoms with E-state index in [4.69, 9.17) is 0 Å². The van der Waals surface area contributed by atoms with Crippen molar-refractivity contribution in [3.63, 3.8) is 0 Å². The first-order valence-electron chi connectivity index (χ1n) is 6.55. The van der Waals surface area contributed by atoms with Gasteiger partial charge in [0, 0.05) is 18.9 Å². The SMILES string of the molecule is c1cc(CNCC2CCCCCC2)ccn1. The van der Waals surface area contributed by atoms with E-state index < -0.39 is 0 Å². The molecule has 2 rings (SSSR count). The van der Waals surface area contributed by atoms with Gasteiger partial charge in [0.25, 0.3) is 0 Å². The molecule has 0 saturated heterocycles. The molecule has 1 aliphatic rings. The number of pyridine rings is 1. The summed E-state index contributed by atoms with van der Waals surface area (Å²) in [6, 6.07) is 4.17. The summed E-state index contributed by atoms with van der Waals surface area (Å²) in [5.41, 5.74) is 1.34. The molecule has 2 heteroatoms. The van der Waals surface area contributed by atoms with Crippen molar-refractivity contribution in [2.45, 2.75) is 45.1 Å². The zero-order chi connectivity index (χ0) is 11.1. The van der Waals surface area contributed by atoms with Gasteiger partial charge < -0.3 is 5.32 Å². The van der Waals surface area contributed by atoms with Crippen LogP contribution >= 0.6 is 0 Å². The van der Waals surface area contributed by atoms with Crippen molar-refractivity contribution in [2.24, 2.45) is 5.92 Å². The first-order chi connectivity index (χ1) is 7.95. The van der Waals surface area contributed by atoms with Gasteiger partial charge in [-0.2, -0.15) is 0 Å². The van der Waals surface area contributed by atoms with Crippen LogP contribution in [0.5, 0.6) is 0 Å². The van der Waals surface area contributed by atoms with E-state index in [1.807, 2.05) is 12.4 Å². The van der Waals surface area contributed by atoms with E-state index in [-0.39, 0.29) is 0 Å². The van der Waals surface area contributed by atoms with Gasteiger partial charge in [0.15, 0.2) is 0 Å². The van der Waals surface area contributed by atoms with Crippen LogP contribution in [0.4, 0.5) is 0 Å². The largest absolute Gasteiger partial charge is 0.312 e. The van der Waals surface area contributed by atoms with E-state index in [9.17, 15) is 0 Å². The number of hydrogen-bond acceptors (Lipinski definition) is 2. The fraction of sp³-hybridized carbons (Fsp3) is 0.643. The van der Waals surface area contributed by atoms with Crippen LogP contribution in [0, 0.1) is 5.92 Å². The Bertz CT molecular complexity index is 276. The van der Waals surface area contributed by atoms with Crippen LogP contribution in [-0.4, -0.2) is 11.5 Å². The summed E-state index contributed by atoms with van der Waals surface area (Å²) in [6.45, 7) is 2.17. The Balaban J connectivity index is 1.67. The molecule has 1 fully saturated rings. The van der Waals surface area contributed by atoms with Crippen LogP contribution in [0.1, 0.15) is 44.1 Å². The van der Waals surface area contributed by atoms with Gasteiger partial charge in [0.05, 0.1) is 0 Å². The van der Waals surface area contributed by atoms with E-state index in [2.05, 4.69) is 22.4 Å². The summed E-state index contributed by atoms with van der Waals surface area (Å²) in [5.74, 6) is 0.907. The molecule has 0 radical (unpaired) electrons. The van der Waals surface area contributed by atoms with E-state index in [0.717, 1.165) is 12.5 Å². The van der Waals surface area contributed by atoms with Gasteiger partial charge >= 0.3 is 0 Å². The molecule has 0 aromatic carbocycles. The van der Waals surface area contributed by atoms with Crippen LogP contribution in [0.15, 0.2) is 24.5 Å². The summed E-state index contributed by atoms with van der Waals surface area (Å²) in [6.07, 6.45) is 12.3. The standard InChI is InChI=1S/C14H22N2/c1-2-4-6-13(5-3-1)11-16-12-14-7-9-15-10-8-14/h7-10,13,16H,1-6,11-12H2. The summed E-state index contributed by atoms with van der Waals surface area (Å²) < 4.78 is 0. The van der Waals surface area contributed by atoms with E-state index >= 15 is 0 Å². The highest BCUT2D eigenvalue weighted by Gasteiger charge is 2.11. The maximum absolute atomic E-state index is 4.03. The van der Waals surface area contributed by atoms with Crippen molar-refractivity contribution in [1.82, 2.24) is 10.3 Å². The Hall–Kier alpha value is -0.890. The minimum Gasteiger partial charge on any atom is -0.312 e. The van der Waals surface area contributed by atoms with Crippen molar-refractivity contribution in [2.75, 3.05) is 6.54 Å². The van der Waals surface area contributed by atoms with Gasteiger partial charge in [-0.15, -0.1) is 0 Å². The molecule has 0 amide bonds. The number of aromatic nitrogens is 1. The van der Waals surface area contributed by atoms with E-state index in [1.165, 1.54) is 50.6 Å². The van der Waals surface area contributed by atoms with Crippen LogP contribution in [-0.2, 0) is 6.54 Å². The highest BCUT2D eigenvalue weighted by atomic mass is 14.9. The molecular weight excluding hydrogens is 196 g/mol. The molecule has 2 nitrogen and oxygen atoms in total. The number of nitrogens with zero attached hydrogens (tertiary/aromatic N) is 1. The number of hydrogen-bond donors (Lipinski definition) is 1. The quantitative estimate of drug-likeness (QED) is 0.785. The van der Waals surface area contributed by atoms with Gasteiger partial charge in [-0.25, -0.2) is 0 Å². The normalized spacial score (nSPS) is 18.2. The monoisotopic (exact) mass is 218 g/mol. The maximum Gasteiger partial charge on any atom is 0.0271 e. The van der Waals surface area contributed by atoms with Crippen LogP contribution in [0.2, 0.25) is 0 Å². The minimum atomic E-state index is 0.907. The van der Waals surface area contributed by atoms with E-state index in [0.29, 0.717) is 0 Å². The Kier molecular flexibility index (Phi) is 4.81. The summed E-state index contributed by atoms with van der Waals surface area (Å²) in [4.78, 5) is 4.03. The lowest BCUT2D eigenvalue weighted by atomic mass is 10.0. The molecule has 0 aliphatic heterocycles. The average Bonchev–Trinajstić information content (AvgIpc) is 2.59. The Morgan fingerprint density at radius 3 is 2.44 bits per heavy atom. The van der Waals surface area contributed by atoms with Crippen LogP contribution in [0.3, 0.4) is 0 Å². The summed E-state index contributed by atoms with van der Waals surface area (Å²) in [7, 11) is 0. The Morgan fingerprint density at radius 1 is 1.06 bits per heavy atom. The van der Waals surface area contributed by atoms with E-state index in [1.54, 1.807) is 0 Å². The molecular formula is C14H22N2. The van der Waals surface area contributed by atoms with Gasteiger partial charge in [-0.3, -0.25) is 4.98 Å².